The Morgan fingerprint density at radius 1 is 1.38 bits per heavy atom. The second-order valence-corrected chi connectivity index (χ2v) is 4.80. The Balaban J connectivity index is 2.12. The Kier molecular flexibility index (Phi) is 2.28. The zero-order valence-corrected chi connectivity index (χ0v) is 9.86. The first-order chi connectivity index (χ1) is 7.81. The minimum atomic E-state index is 0.668. The molecule has 0 aliphatic carbocycles. The number of fused-ring (bicyclic) bond motifs is 3. The van der Waals surface area contributed by atoms with E-state index in [0.29, 0.717) is 5.92 Å². The van der Waals surface area contributed by atoms with Crippen molar-refractivity contribution in [2.45, 2.75) is 5.92 Å². The van der Waals surface area contributed by atoms with Crippen molar-refractivity contribution >= 4 is 5.69 Å². The summed E-state index contributed by atoms with van der Waals surface area (Å²) < 4.78 is 5.47. The summed E-state index contributed by atoms with van der Waals surface area (Å²) in [6, 6.07) is 6.41. The van der Waals surface area contributed by atoms with Crippen LogP contribution in [0.5, 0.6) is 5.75 Å². The van der Waals surface area contributed by atoms with Gasteiger partial charge in [0.25, 0.3) is 0 Å². The second-order valence-electron chi connectivity index (χ2n) is 4.80. The van der Waals surface area contributed by atoms with Crippen molar-refractivity contribution in [3.05, 3.63) is 23.8 Å². The molecule has 16 heavy (non-hydrogen) atoms. The van der Waals surface area contributed by atoms with Crippen molar-refractivity contribution in [1.29, 1.82) is 0 Å². The molecule has 2 atom stereocenters. The van der Waals surface area contributed by atoms with Crippen LogP contribution in [0.25, 0.3) is 0 Å². The predicted octanol–water partition coefficient (Wildman–Crippen LogP) is 1.45. The molecular weight excluding hydrogens is 200 g/mol. The van der Waals surface area contributed by atoms with Crippen molar-refractivity contribution in [2.24, 2.45) is 5.92 Å². The van der Waals surface area contributed by atoms with Crippen LogP contribution in [0.2, 0.25) is 0 Å². The first-order valence-corrected chi connectivity index (χ1v) is 5.90. The molecule has 2 aliphatic rings. The van der Waals surface area contributed by atoms with Gasteiger partial charge in [0.15, 0.2) is 0 Å². The third-order valence-electron chi connectivity index (χ3n) is 3.88. The van der Waals surface area contributed by atoms with Gasteiger partial charge in [-0.15, -0.1) is 0 Å². The topological polar surface area (TPSA) is 24.5 Å². The number of para-hydroxylation sites is 1. The molecule has 0 saturated carbocycles. The van der Waals surface area contributed by atoms with E-state index in [9.17, 15) is 0 Å². The summed E-state index contributed by atoms with van der Waals surface area (Å²) in [5.74, 6) is 2.43. The van der Waals surface area contributed by atoms with E-state index in [4.69, 9.17) is 4.74 Å². The summed E-state index contributed by atoms with van der Waals surface area (Å²) in [5.41, 5.74) is 2.73. The van der Waals surface area contributed by atoms with E-state index in [1.807, 2.05) is 0 Å². The van der Waals surface area contributed by atoms with Gasteiger partial charge in [0.2, 0.25) is 0 Å². The van der Waals surface area contributed by atoms with Crippen LogP contribution in [-0.2, 0) is 0 Å². The number of ether oxygens (including phenoxy) is 1. The van der Waals surface area contributed by atoms with Crippen molar-refractivity contribution in [3.63, 3.8) is 0 Å². The van der Waals surface area contributed by atoms with Crippen LogP contribution in [0, 0.1) is 5.92 Å². The Morgan fingerprint density at radius 2 is 2.25 bits per heavy atom. The average Bonchev–Trinajstić information content (AvgIpc) is 2.76. The number of anilines is 1. The molecule has 3 rings (SSSR count). The molecule has 1 aromatic carbocycles. The van der Waals surface area contributed by atoms with E-state index in [1.165, 1.54) is 11.3 Å². The molecule has 0 radical (unpaired) electrons. The predicted molar refractivity (Wildman–Crippen MR) is 65.4 cm³/mol. The number of nitrogens with one attached hydrogen (secondary N) is 1. The fraction of sp³-hybridized carbons (Fsp3) is 0.538. The van der Waals surface area contributed by atoms with Gasteiger partial charge in [-0.05, 0) is 17.5 Å². The first-order valence-electron chi connectivity index (χ1n) is 5.90. The second kappa shape index (κ2) is 3.67. The van der Waals surface area contributed by atoms with Crippen molar-refractivity contribution in [3.8, 4) is 5.75 Å². The van der Waals surface area contributed by atoms with Gasteiger partial charge >= 0.3 is 0 Å². The SMILES string of the molecule is COc1cccc2c1N(C)C[C@H]1CNC[C@@H]21. The standard InChI is InChI=1S/C13H18N2O/c1-15-8-9-6-14-7-11(9)10-4-3-5-12(16-2)13(10)15/h3-5,9,11,14H,6-8H2,1-2H3/t9-,11-/m1/s1. The number of benzene rings is 1. The maximum absolute atomic E-state index is 5.47. The normalized spacial score (nSPS) is 27.5. The van der Waals surface area contributed by atoms with Gasteiger partial charge < -0.3 is 15.0 Å². The summed E-state index contributed by atoms with van der Waals surface area (Å²) >= 11 is 0. The minimum absolute atomic E-state index is 0.668. The lowest BCUT2D eigenvalue weighted by molar-refractivity contribution is 0.407. The summed E-state index contributed by atoms with van der Waals surface area (Å²) in [6.45, 7) is 3.38. The van der Waals surface area contributed by atoms with Gasteiger partial charge in [-0.25, -0.2) is 0 Å². The van der Waals surface area contributed by atoms with Gasteiger partial charge in [0, 0.05) is 32.6 Å². The lowest BCUT2D eigenvalue weighted by Crippen LogP contribution is -2.35. The molecule has 0 bridgehead atoms. The molecule has 1 aromatic rings. The number of methoxy groups -OCH3 is 1. The molecule has 0 unspecified atom stereocenters. The van der Waals surface area contributed by atoms with E-state index >= 15 is 0 Å². The first kappa shape index (κ1) is 9.97. The average molecular weight is 218 g/mol. The number of hydrogen-bond acceptors (Lipinski definition) is 3. The smallest absolute Gasteiger partial charge is 0.142 e. The highest BCUT2D eigenvalue weighted by Crippen LogP contribution is 2.44. The molecule has 3 heteroatoms. The Bertz CT molecular complexity index is 405. The lowest BCUT2D eigenvalue weighted by atomic mass is 9.84. The van der Waals surface area contributed by atoms with Crippen LogP contribution in [0.4, 0.5) is 5.69 Å². The number of nitrogens with zero attached hydrogens (tertiary/aromatic N) is 1. The summed E-state index contributed by atoms with van der Waals surface area (Å²) in [7, 11) is 3.92. The van der Waals surface area contributed by atoms with Crippen LogP contribution in [0.1, 0.15) is 11.5 Å². The molecule has 0 amide bonds. The molecule has 0 aromatic heterocycles. The largest absolute Gasteiger partial charge is 0.495 e. The van der Waals surface area contributed by atoms with Crippen molar-refractivity contribution in [1.82, 2.24) is 5.32 Å². The van der Waals surface area contributed by atoms with E-state index in [-0.39, 0.29) is 0 Å². The fourth-order valence-electron chi connectivity index (χ4n) is 3.14. The van der Waals surface area contributed by atoms with Crippen molar-refractivity contribution in [2.75, 3.05) is 38.7 Å². The lowest BCUT2D eigenvalue weighted by Gasteiger charge is -2.36. The monoisotopic (exact) mass is 218 g/mol. The van der Waals surface area contributed by atoms with E-state index in [1.54, 1.807) is 7.11 Å². The summed E-state index contributed by atoms with van der Waals surface area (Å²) in [6.07, 6.45) is 0. The molecule has 1 fully saturated rings. The molecule has 1 saturated heterocycles. The number of hydrogen-bond donors (Lipinski definition) is 1. The van der Waals surface area contributed by atoms with Crippen LogP contribution in [0.15, 0.2) is 18.2 Å². The zero-order chi connectivity index (χ0) is 11.1. The zero-order valence-electron chi connectivity index (χ0n) is 9.86. The third-order valence-corrected chi connectivity index (χ3v) is 3.88. The highest BCUT2D eigenvalue weighted by Gasteiger charge is 2.36. The van der Waals surface area contributed by atoms with Gasteiger partial charge in [0.05, 0.1) is 12.8 Å². The Labute approximate surface area is 96.4 Å². The third kappa shape index (κ3) is 1.31. The van der Waals surface area contributed by atoms with E-state index < -0.39 is 0 Å². The Hall–Kier alpha value is -1.22. The van der Waals surface area contributed by atoms with Gasteiger partial charge in [-0.2, -0.15) is 0 Å². The van der Waals surface area contributed by atoms with Gasteiger partial charge in [-0.1, -0.05) is 12.1 Å². The van der Waals surface area contributed by atoms with E-state index in [2.05, 4.69) is 35.5 Å². The molecule has 0 spiro atoms. The van der Waals surface area contributed by atoms with Crippen LogP contribution >= 0.6 is 0 Å². The molecule has 1 N–H and O–H groups in total. The summed E-state index contributed by atoms with van der Waals surface area (Å²) in [4.78, 5) is 2.34. The van der Waals surface area contributed by atoms with Crippen LogP contribution in [0.3, 0.4) is 0 Å². The van der Waals surface area contributed by atoms with Gasteiger partial charge in [0.1, 0.15) is 5.75 Å². The number of rotatable bonds is 1. The highest BCUT2D eigenvalue weighted by atomic mass is 16.5. The highest BCUT2D eigenvalue weighted by molar-refractivity contribution is 5.66. The molecule has 86 valence electrons. The maximum Gasteiger partial charge on any atom is 0.142 e. The molecular formula is C13H18N2O. The minimum Gasteiger partial charge on any atom is -0.495 e. The van der Waals surface area contributed by atoms with Gasteiger partial charge in [-0.3, -0.25) is 0 Å². The molecule has 3 nitrogen and oxygen atoms in total. The Morgan fingerprint density at radius 3 is 3.06 bits per heavy atom. The molecule has 2 aliphatic heterocycles. The van der Waals surface area contributed by atoms with Crippen LogP contribution < -0.4 is 15.0 Å². The fourth-order valence-corrected chi connectivity index (χ4v) is 3.14. The quantitative estimate of drug-likeness (QED) is 0.772. The molecule has 2 heterocycles. The van der Waals surface area contributed by atoms with E-state index in [0.717, 1.165) is 31.3 Å². The summed E-state index contributed by atoms with van der Waals surface area (Å²) in [5, 5.41) is 3.50. The van der Waals surface area contributed by atoms with Crippen LogP contribution in [-0.4, -0.2) is 33.8 Å². The maximum atomic E-state index is 5.47. The van der Waals surface area contributed by atoms with Crippen molar-refractivity contribution < 1.29 is 4.74 Å².